The molecular formula is C46H70N12O13S2. The zero-order valence-electron chi connectivity index (χ0n) is 41.9. The predicted octanol–water partition coefficient (Wildman–Crippen LogP) is -3.13. The maximum atomic E-state index is 14.6. The van der Waals surface area contributed by atoms with Crippen LogP contribution in [0.3, 0.4) is 0 Å². The Morgan fingerprint density at radius 3 is 1.99 bits per heavy atom. The Balaban J connectivity index is 2.12. The van der Waals surface area contributed by atoms with Gasteiger partial charge in [-0.15, -0.1) is 0 Å². The maximum Gasteiger partial charge on any atom is 0.246 e. The lowest BCUT2D eigenvalue weighted by molar-refractivity contribution is -0.142. The van der Waals surface area contributed by atoms with Crippen molar-refractivity contribution in [2.45, 2.75) is 134 Å². The van der Waals surface area contributed by atoms with Crippen LogP contribution in [0.4, 0.5) is 0 Å². The Bertz CT molecular complexity index is 2190. The summed E-state index contributed by atoms with van der Waals surface area (Å²) in [5, 5.41) is 20.5. The number of hydrogen-bond acceptors (Lipinski definition) is 15. The highest BCUT2D eigenvalue weighted by Crippen LogP contribution is 2.26. The molecule has 0 radical (unpaired) electrons. The van der Waals surface area contributed by atoms with Gasteiger partial charge >= 0.3 is 0 Å². The van der Waals surface area contributed by atoms with E-state index in [2.05, 4.69) is 42.5 Å². The molecular weight excluding hydrogens is 993 g/mol. The molecule has 12 amide bonds. The number of carbonyl (C=O) groups excluding carboxylic acids is 12. The minimum absolute atomic E-state index is 0.0280. The van der Waals surface area contributed by atoms with Gasteiger partial charge in [0.2, 0.25) is 70.9 Å². The Morgan fingerprint density at radius 2 is 1.40 bits per heavy atom. The SMILES string of the molecule is CC[C@H](C)[C@@H]1NC(=O)[C@H](Cc2ccc(OC)cc2)NC(=O)C(NC(C)=O)CSSC[C@@H](C(=O)N2CCC[C@H]2C(=O)N[C@@H](CC(C)C)C(=O)NCC(N)=O)NC(=O)[C@H](CC(N)=O)NC(=O)C(CCC(N)=O)NC1=O. The van der Waals surface area contributed by atoms with Crippen molar-refractivity contribution in [3.63, 3.8) is 0 Å². The number of carbonyl (C=O) groups is 12. The van der Waals surface area contributed by atoms with Crippen molar-refractivity contribution < 1.29 is 62.3 Å². The molecule has 27 heteroatoms. The normalized spacial score (nSPS) is 23.5. The number of likely N-dealkylation sites (tertiary alicyclic amines) is 1. The number of ether oxygens (including phenoxy) is 1. The number of benzene rings is 1. The number of primary amides is 3. The van der Waals surface area contributed by atoms with Crippen molar-refractivity contribution >= 4 is 92.5 Å². The van der Waals surface area contributed by atoms with Gasteiger partial charge in [-0.05, 0) is 55.2 Å². The summed E-state index contributed by atoms with van der Waals surface area (Å²) in [4.78, 5) is 162. The van der Waals surface area contributed by atoms with Gasteiger partial charge in [0.05, 0.1) is 20.1 Å². The molecule has 2 aliphatic heterocycles. The van der Waals surface area contributed by atoms with Gasteiger partial charge in [-0.2, -0.15) is 0 Å². The van der Waals surface area contributed by atoms with Gasteiger partial charge in [-0.25, -0.2) is 0 Å². The van der Waals surface area contributed by atoms with E-state index in [4.69, 9.17) is 21.9 Å². The quantitative estimate of drug-likeness (QED) is 0.0611. The van der Waals surface area contributed by atoms with Crippen LogP contribution in [-0.4, -0.2) is 156 Å². The van der Waals surface area contributed by atoms with E-state index in [1.165, 1.54) is 18.9 Å². The molecule has 2 saturated heterocycles. The van der Waals surface area contributed by atoms with Crippen molar-refractivity contribution in [1.82, 2.24) is 47.4 Å². The summed E-state index contributed by atoms with van der Waals surface area (Å²) in [6, 6.07) is -4.49. The second-order valence-corrected chi connectivity index (χ2v) is 20.8. The predicted molar refractivity (Wildman–Crippen MR) is 269 cm³/mol. The fourth-order valence-corrected chi connectivity index (χ4v) is 10.1. The van der Waals surface area contributed by atoms with Crippen molar-refractivity contribution in [2.24, 2.45) is 29.0 Å². The van der Waals surface area contributed by atoms with Gasteiger partial charge < -0.3 is 69.4 Å². The van der Waals surface area contributed by atoms with Gasteiger partial charge in [0.15, 0.2) is 0 Å². The summed E-state index contributed by atoms with van der Waals surface area (Å²) in [6.07, 6.45) is -0.790. The van der Waals surface area contributed by atoms with Crippen LogP contribution >= 0.6 is 21.6 Å². The summed E-state index contributed by atoms with van der Waals surface area (Å²) in [5.74, 6) is -10.7. The fraction of sp³-hybridized carbons (Fsp3) is 0.609. The Morgan fingerprint density at radius 1 is 0.781 bits per heavy atom. The Hall–Kier alpha value is -6.64. The minimum Gasteiger partial charge on any atom is -0.497 e. The van der Waals surface area contributed by atoms with Crippen molar-refractivity contribution in [2.75, 3.05) is 31.7 Å². The molecule has 2 aliphatic rings. The summed E-state index contributed by atoms with van der Waals surface area (Å²) in [6.45, 7) is 7.75. The molecule has 0 aliphatic carbocycles. The van der Waals surface area contributed by atoms with E-state index < -0.39 is 151 Å². The highest BCUT2D eigenvalue weighted by Gasteiger charge is 2.41. The number of methoxy groups -OCH3 is 1. The van der Waals surface area contributed by atoms with E-state index in [0.29, 0.717) is 24.2 Å². The van der Waals surface area contributed by atoms with Gasteiger partial charge in [0.25, 0.3) is 0 Å². The van der Waals surface area contributed by atoms with Crippen LogP contribution in [0.25, 0.3) is 0 Å². The van der Waals surface area contributed by atoms with Crippen LogP contribution < -0.4 is 64.5 Å². The highest BCUT2D eigenvalue weighted by molar-refractivity contribution is 8.76. The standard InChI is InChI=1S/C46H70N12O13S2/c1-7-24(4)38-45(69)52-28(14-15-35(47)60)40(64)54-31(19-36(48)61)41(65)56-33(46(70)58-16-8-9-34(58)44(68)55-29(17-23(2)3)39(63)50-20-37(49)62)22-73-72-21-32(51-25(5)59)43(67)53-30(42(66)57-38)18-26-10-12-27(71-6)13-11-26/h10-13,23-24,28-34,38H,7-9,14-22H2,1-6H3,(H2,47,60)(H2,48,61)(H2,49,62)(H,50,63)(H,51,59)(H,52,69)(H,53,67)(H,54,64)(H,55,68)(H,56,65)(H,57,66)/t24-,28?,29-,30-,31-,32?,33-,34-,38-/m0/s1. The molecule has 14 N–H and O–H groups in total. The van der Waals surface area contributed by atoms with Gasteiger partial charge in [-0.1, -0.05) is 67.8 Å². The minimum atomic E-state index is -1.78. The largest absolute Gasteiger partial charge is 0.497 e. The smallest absolute Gasteiger partial charge is 0.246 e. The lowest BCUT2D eigenvalue weighted by atomic mass is 9.96. The molecule has 2 unspecified atom stereocenters. The molecule has 9 atom stereocenters. The van der Waals surface area contributed by atoms with Crippen LogP contribution in [-0.2, 0) is 64.0 Å². The zero-order chi connectivity index (χ0) is 54.5. The number of rotatable bonds is 19. The topological polar surface area (TPSA) is 392 Å². The van der Waals surface area contributed by atoms with Crippen LogP contribution in [0.5, 0.6) is 5.75 Å². The summed E-state index contributed by atoms with van der Waals surface area (Å²) in [5.41, 5.74) is 16.7. The van der Waals surface area contributed by atoms with Crippen molar-refractivity contribution in [3.05, 3.63) is 29.8 Å². The average molecular weight is 1060 g/mol. The van der Waals surface area contributed by atoms with E-state index in [1.807, 2.05) is 13.8 Å². The molecule has 25 nitrogen and oxygen atoms in total. The van der Waals surface area contributed by atoms with Crippen molar-refractivity contribution in [3.8, 4) is 5.75 Å². The van der Waals surface area contributed by atoms with E-state index in [1.54, 1.807) is 38.1 Å². The molecule has 0 bridgehead atoms. The first-order valence-electron chi connectivity index (χ1n) is 23.8. The molecule has 2 heterocycles. The maximum absolute atomic E-state index is 14.6. The average Bonchev–Trinajstić information content (AvgIpc) is 3.83. The Labute approximate surface area is 431 Å². The first-order valence-corrected chi connectivity index (χ1v) is 26.3. The van der Waals surface area contributed by atoms with E-state index in [9.17, 15) is 57.5 Å². The Kier molecular flexibility index (Phi) is 24.7. The molecule has 1 aromatic rings. The number of amides is 12. The van der Waals surface area contributed by atoms with E-state index in [0.717, 1.165) is 21.6 Å². The number of nitrogens with zero attached hydrogens (tertiary/aromatic N) is 1. The number of nitrogens with one attached hydrogen (secondary N) is 8. The van der Waals surface area contributed by atoms with Crippen LogP contribution in [0.15, 0.2) is 24.3 Å². The second kappa shape index (κ2) is 29.8. The molecule has 0 saturated carbocycles. The highest BCUT2D eigenvalue weighted by atomic mass is 33.1. The van der Waals surface area contributed by atoms with Crippen LogP contribution in [0.1, 0.15) is 85.1 Å². The molecule has 404 valence electrons. The third-order valence-electron chi connectivity index (χ3n) is 11.9. The molecule has 0 spiro atoms. The molecule has 0 aromatic heterocycles. The summed E-state index contributed by atoms with van der Waals surface area (Å²) >= 11 is 0. The molecule has 2 fully saturated rings. The zero-order valence-corrected chi connectivity index (χ0v) is 43.5. The van der Waals surface area contributed by atoms with Gasteiger partial charge in [0, 0.05) is 37.8 Å². The number of hydrogen-bond donors (Lipinski definition) is 11. The lowest BCUT2D eigenvalue weighted by Gasteiger charge is -2.31. The lowest BCUT2D eigenvalue weighted by Crippen LogP contribution is -2.62. The van der Waals surface area contributed by atoms with E-state index in [-0.39, 0.29) is 43.2 Å². The van der Waals surface area contributed by atoms with Gasteiger partial charge in [0.1, 0.15) is 54.1 Å². The second-order valence-electron chi connectivity index (χ2n) is 18.2. The van der Waals surface area contributed by atoms with Crippen LogP contribution in [0.2, 0.25) is 0 Å². The molecule has 1 aromatic carbocycles. The number of nitrogens with two attached hydrogens (primary N) is 3. The van der Waals surface area contributed by atoms with Crippen LogP contribution in [0, 0.1) is 11.8 Å². The fourth-order valence-electron chi connectivity index (χ4n) is 7.81. The van der Waals surface area contributed by atoms with E-state index >= 15 is 0 Å². The first-order chi connectivity index (χ1) is 34.4. The third-order valence-corrected chi connectivity index (χ3v) is 14.3. The monoisotopic (exact) mass is 1060 g/mol. The molecule has 3 rings (SSSR count). The molecule has 73 heavy (non-hydrogen) atoms. The third kappa shape index (κ3) is 20.1. The first kappa shape index (κ1) is 60.7. The van der Waals surface area contributed by atoms with Gasteiger partial charge in [-0.3, -0.25) is 57.5 Å². The summed E-state index contributed by atoms with van der Waals surface area (Å²) in [7, 11) is 3.46. The summed E-state index contributed by atoms with van der Waals surface area (Å²) < 4.78 is 5.26. The van der Waals surface area contributed by atoms with Crippen molar-refractivity contribution in [1.29, 1.82) is 0 Å².